The molecule has 2 aromatic rings. The van der Waals surface area contributed by atoms with Crippen LogP contribution in [0.1, 0.15) is 66.5 Å². The first-order valence-electron chi connectivity index (χ1n) is 11.9. The highest BCUT2D eigenvalue weighted by atomic mass is 32.2. The van der Waals surface area contributed by atoms with E-state index in [0.717, 1.165) is 23.1 Å². The van der Waals surface area contributed by atoms with Crippen molar-refractivity contribution in [1.82, 2.24) is 15.5 Å². The van der Waals surface area contributed by atoms with Crippen molar-refractivity contribution in [3.63, 3.8) is 0 Å². The van der Waals surface area contributed by atoms with E-state index < -0.39 is 16.8 Å². The molecule has 0 saturated carbocycles. The summed E-state index contributed by atoms with van der Waals surface area (Å²) in [4.78, 5) is 41.7. The number of carbonyl (C=O) groups excluding carboxylic acids is 3. The van der Waals surface area contributed by atoms with Crippen molar-refractivity contribution in [3.05, 3.63) is 70.8 Å². The van der Waals surface area contributed by atoms with E-state index in [2.05, 4.69) is 10.6 Å². The van der Waals surface area contributed by atoms with Gasteiger partial charge < -0.3 is 15.5 Å². The van der Waals surface area contributed by atoms with Gasteiger partial charge in [0.15, 0.2) is 0 Å². The average Bonchev–Trinajstić information content (AvgIpc) is 3.25. The Morgan fingerprint density at radius 2 is 1.79 bits per heavy atom. The van der Waals surface area contributed by atoms with Crippen LogP contribution in [0.15, 0.2) is 48.5 Å². The number of nitrogens with zero attached hydrogens (tertiary/aromatic N) is 1. The zero-order chi connectivity index (χ0) is 24.6. The molecule has 0 aliphatic carbocycles. The first-order chi connectivity index (χ1) is 16.1. The van der Waals surface area contributed by atoms with Crippen LogP contribution in [-0.4, -0.2) is 39.5 Å². The topological polar surface area (TPSA) is 78.5 Å². The van der Waals surface area contributed by atoms with E-state index in [-0.39, 0.29) is 29.0 Å². The lowest BCUT2D eigenvalue weighted by molar-refractivity contribution is -0.133. The summed E-state index contributed by atoms with van der Waals surface area (Å²) in [5, 5.41) is 5.80. The van der Waals surface area contributed by atoms with Gasteiger partial charge in [0.1, 0.15) is 17.5 Å². The van der Waals surface area contributed by atoms with Crippen molar-refractivity contribution >= 4 is 29.5 Å². The van der Waals surface area contributed by atoms with Crippen LogP contribution >= 0.6 is 11.8 Å². The molecule has 34 heavy (non-hydrogen) atoms. The Balaban J connectivity index is 1.51. The van der Waals surface area contributed by atoms with E-state index in [9.17, 15) is 14.4 Å². The normalized spacial score (nSPS) is 22.0. The third kappa shape index (κ3) is 4.45. The fourth-order valence-electron chi connectivity index (χ4n) is 4.74. The lowest BCUT2D eigenvalue weighted by atomic mass is 9.95. The highest BCUT2D eigenvalue weighted by molar-refractivity contribution is 8.01. The molecule has 2 N–H and O–H groups in total. The second-order valence-corrected chi connectivity index (χ2v) is 11.6. The van der Waals surface area contributed by atoms with Gasteiger partial charge in [-0.15, -0.1) is 11.8 Å². The first-order valence-corrected chi connectivity index (χ1v) is 12.7. The molecule has 1 fully saturated rings. The Morgan fingerprint density at radius 1 is 1.12 bits per heavy atom. The van der Waals surface area contributed by atoms with Crippen LogP contribution in [0.25, 0.3) is 0 Å². The molecule has 2 aliphatic rings. The SMILES string of the molecule is CC[C@@H](C)[C@H](NC(=O)[C@H]1N2C(=O)c3ccccc3[C@H]2SC1(C)C)C(=O)NCc1ccc(C)cc1. The fraction of sp³-hybridized carbons (Fsp3) is 0.444. The van der Waals surface area contributed by atoms with Crippen LogP contribution in [0.4, 0.5) is 0 Å². The number of amides is 3. The van der Waals surface area contributed by atoms with Crippen LogP contribution in [0.2, 0.25) is 0 Å². The van der Waals surface area contributed by atoms with E-state index >= 15 is 0 Å². The highest BCUT2D eigenvalue weighted by Crippen LogP contribution is 2.56. The molecule has 2 aliphatic heterocycles. The molecule has 0 bridgehead atoms. The summed E-state index contributed by atoms with van der Waals surface area (Å²) in [6, 6.07) is 14.2. The number of benzene rings is 2. The van der Waals surface area contributed by atoms with Crippen LogP contribution in [-0.2, 0) is 16.1 Å². The second-order valence-electron chi connectivity index (χ2n) is 9.85. The summed E-state index contributed by atoms with van der Waals surface area (Å²) in [6.07, 6.45) is 0.739. The minimum atomic E-state index is -0.678. The lowest BCUT2D eigenvalue weighted by Crippen LogP contribution is -2.58. The predicted molar refractivity (Wildman–Crippen MR) is 135 cm³/mol. The van der Waals surface area contributed by atoms with Gasteiger partial charge in [-0.05, 0) is 43.9 Å². The van der Waals surface area contributed by atoms with Crippen LogP contribution < -0.4 is 10.6 Å². The third-order valence-electron chi connectivity index (χ3n) is 6.93. The average molecular weight is 480 g/mol. The summed E-state index contributed by atoms with van der Waals surface area (Å²) >= 11 is 1.62. The maximum absolute atomic E-state index is 13.6. The summed E-state index contributed by atoms with van der Waals surface area (Å²) in [7, 11) is 0. The lowest BCUT2D eigenvalue weighted by Gasteiger charge is -2.32. The summed E-state index contributed by atoms with van der Waals surface area (Å²) < 4.78 is -0.490. The Hall–Kier alpha value is -2.80. The van der Waals surface area contributed by atoms with Gasteiger partial charge in [0.2, 0.25) is 11.8 Å². The summed E-state index contributed by atoms with van der Waals surface area (Å²) in [6.45, 7) is 10.4. The maximum Gasteiger partial charge on any atom is 0.256 e. The van der Waals surface area contributed by atoms with Crippen molar-refractivity contribution in [1.29, 1.82) is 0 Å². The molecule has 3 amide bonds. The summed E-state index contributed by atoms with van der Waals surface area (Å²) in [5.41, 5.74) is 3.77. The molecule has 7 heteroatoms. The Kier molecular flexibility index (Phi) is 6.76. The van der Waals surface area contributed by atoms with Gasteiger partial charge >= 0.3 is 0 Å². The number of fused-ring (bicyclic) bond motifs is 3. The van der Waals surface area contributed by atoms with Crippen molar-refractivity contribution in [2.24, 2.45) is 5.92 Å². The Labute approximate surface area is 205 Å². The van der Waals surface area contributed by atoms with E-state index in [1.807, 2.05) is 83.1 Å². The molecule has 0 unspecified atom stereocenters. The molecule has 0 radical (unpaired) electrons. The Bertz CT molecular complexity index is 1100. The fourth-order valence-corrected chi connectivity index (χ4v) is 6.33. The van der Waals surface area contributed by atoms with E-state index in [1.165, 1.54) is 0 Å². The first kappa shape index (κ1) is 24.3. The van der Waals surface area contributed by atoms with E-state index in [4.69, 9.17) is 0 Å². The molecule has 4 atom stereocenters. The number of hydrogen-bond donors (Lipinski definition) is 2. The molecular weight excluding hydrogens is 446 g/mol. The van der Waals surface area contributed by atoms with Gasteiger partial charge in [-0.2, -0.15) is 0 Å². The van der Waals surface area contributed by atoms with Crippen LogP contribution in [0, 0.1) is 12.8 Å². The van der Waals surface area contributed by atoms with Crippen LogP contribution in [0.5, 0.6) is 0 Å². The monoisotopic (exact) mass is 479 g/mol. The summed E-state index contributed by atoms with van der Waals surface area (Å²) in [5.74, 6) is -0.666. The number of hydrogen-bond acceptors (Lipinski definition) is 4. The minimum absolute atomic E-state index is 0.0543. The van der Waals surface area contributed by atoms with Crippen molar-refractivity contribution < 1.29 is 14.4 Å². The van der Waals surface area contributed by atoms with Crippen molar-refractivity contribution in [3.8, 4) is 0 Å². The molecule has 4 rings (SSSR count). The molecule has 6 nitrogen and oxygen atoms in total. The van der Waals surface area contributed by atoms with E-state index in [1.54, 1.807) is 16.7 Å². The molecular formula is C27H33N3O3S. The van der Waals surface area contributed by atoms with Gasteiger partial charge in [-0.25, -0.2) is 0 Å². The van der Waals surface area contributed by atoms with E-state index in [0.29, 0.717) is 12.1 Å². The van der Waals surface area contributed by atoms with Crippen molar-refractivity contribution in [2.75, 3.05) is 0 Å². The quantitative estimate of drug-likeness (QED) is 0.624. The highest BCUT2D eigenvalue weighted by Gasteiger charge is 2.57. The molecule has 0 spiro atoms. The number of nitrogens with one attached hydrogen (secondary N) is 2. The van der Waals surface area contributed by atoms with Gasteiger partial charge in [-0.3, -0.25) is 14.4 Å². The number of aryl methyl sites for hydroxylation is 1. The molecule has 180 valence electrons. The number of rotatable bonds is 7. The largest absolute Gasteiger partial charge is 0.350 e. The Morgan fingerprint density at radius 3 is 2.47 bits per heavy atom. The molecule has 1 saturated heterocycles. The third-order valence-corrected chi connectivity index (χ3v) is 8.46. The van der Waals surface area contributed by atoms with Gasteiger partial charge in [0.05, 0.1) is 0 Å². The zero-order valence-electron chi connectivity index (χ0n) is 20.4. The second kappa shape index (κ2) is 9.45. The molecule has 2 heterocycles. The minimum Gasteiger partial charge on any atom is -0.350 e. The number of carbonyl (C=O) groups is 3. The predicted octanol–water partition coefficient (Wildman–Crippen LogP) is 4.19. The standard InChI is InChI=1S/C27H33N3O3S/c1-6-17(3)21(23(31)28-15-18-13-11-16(2)12-14-18)29-24(32)22-27(4,5)34-26-20-10-8-7-9-19(20)25(33)30(22)26/h7-14,17,21-22,26H,6,15H2,1-5H3,(H,28,31)(H,29,32)/t17-,21+,22-,26-/m1/s1. The molecule has 0 aromatic heterocycles. The van der Waals surface area contributed by atoms with Gasteiger partial charge in [0, 0.05) is 16.9 Å². The molecule has 2 aromatic carbocycles. The van der Waals surface area contributed by atoms with Gasteiger partial charge in [0.25, 0.3) is 5.91 Å². The maximum atomic E-state index is 13.6. The van der Waals surface area contributed by atoms with Crippen molar-refractivity contribution in [2.45, 2.75) is 69.8 Å². The smallest absolute Gasteiger partial charge is 0.256 e. The van der Waals surface area contributed by atoms with Gasteiger partial charge in [-0.1, -0.05) is 68.3 Å². The van der Waals surface area contributed by atoms with Crippen LogP contribution in [0.3, 0.4) is 0 Å². The zero-order valence-corrected chi connectivity index (χ0v) is 21.2. The number of thioether (sulfide) groups is 1.